The van der Waals surface area contributed by atoms with E-state index in [0.29, 0.717) is 5.88 Å². The lowest BCUT2D eigenvalue weighted by Gasteiger charge is -1.98. The fourth-order valence-corrected chi connectivity index (χ4v) is 1.22. The Balaban J connectivity index is 2.81. The van der Waals surface area contributed by atoms with Crippen LogP contribution in [0.5, 0.6) is 5.88 Å². The van der Waals surface area contributed by atoms with Crippen molar-refractivity contribution < 1.29 is 4.74 Å². The summed E-state index contributed by atoms with van der Waals surface area (Å²) in [7, 11) is 3.56. The summed E-state index contributed by atoms with van der Waals surface area (Å²) in [5.74, 6) is 0.577. The Kier molecular flexibility index (Phi) is 1.46. The molecule has 0 aliphatic heterocycles. The molecule has 0 aliphatic carbocycles. The van der Waals surface area contributed by atoms with Gasteiger partial charge in [-0.2, -0.15) is 5.10 Å². The van der Waals surface area contributed by atoms with E-state index in [1.165, 1.54) is 0 Å². The van der Waals surface area contributed by atoms with Crippen LogP contribution in [0.1, 0.15) is 0 Å². The third-order valence-corrected chi connectivity index (χ3v) is 1.87. The van der Waals surface area contributed by atoms with Crippen LogP contribution in [-0.4, -0.2) is 21.9 Å². The van der Waals surface area contributed by atoms with Gasteiger partial charge in [-0.15, -0.1) is 5.10 Å². The maximum atomic E-state index is 5.05. The van der Waals surface area contributed by atoms with Gasteiger partial charge in [0.2, 0.25) is 5.88 Å². The van der Waals surface area contributed by atoms with E-state index in [0.717, 1.165) is 10.9 Å². The first-order chi connectivity index (χ1) is 5.83. The smallest absolute Gasteiger partial charge is 0.242 e. The van der Waals surface area contributed by atoms with Gasteiger partial charge >= 0.3 is 0 Å². The van der Waals surface area contributed by atoms with Crippen LogP contribution in [-0.2, 0) is 7.05 Å². The lowest BCUT2D eigenvalue weighted by Crippen LogP contribution is -1.92. The quantitative estimate of drug-likeness (QED) is 0.629. The van der Waals surface area contributed by atoms with E-state index in [2.05, 4.69) is 10.2 Å². The van der Waals surface area contributed by atoms with Crippen molar-refractivity contribution in [3.63, 3.8) is 0 Å². The van der Waals surface area contributed by atoms with E-state index in [4.69, 9.17) is 4.74 Å². The molecule has 0 saturated carbocycles. The number of ether oxygens (including phenoxy) is 1. The molecule has 0 amide bonds. The van der Waals surface area contributed by atoms with Crippen molar-refractivity contribution in [3.05, 3.63) is 18.5 Å². The number of aromatic nitrogens is 3. The number of nitrogens with zero attached hydrogens (tertiary/aromatic N) is 3. The molecule has 2 aromatic rings. The SMILES string of the molecule is COc1nncc2c1ccn2C. The summed E-state index contributed by atoms with van der Waals surface area (Å²) in [6, 6.07) is 1.96. The van der Waals surface area contributed by atoms with Gasteiger partial charge in [0.1, 0.15) is 0 Å². The molecular formula is C8H9N3O. The maximum Gasteiger partial charge on any atom is 0.242 e. The predicted octanol–water partition coefficient (Wildman–Crippen LogP) is 0.977. The highest BCUT2D eigenvalue weighted by molar-refractivity contribution is 5.83. The van der Waals surface area contributed by atoms with Gasteiger partial charge in [0.15, 0.2) is 0 Å². The van der Waals surface area contributed by atoms with Crippen LogP contribution in [0, 0.1) is 0 Å². The van der Waals surface area contributed by atoms with E-state index in [1.54, 1.807) is 13.3 Å². The van der Waals surface area contributed by atoms with Crippen LogP contribution in [0.4, 0.5) is 0 Å². The fourth-order valence-electron chi connectivity index (χ4n) is 1.22. The second-order valence-corrected chi connectivity index (χ2v) is 2.58. The molecular weight excluding hydrogens is 154 g/mol. The van der Waals surface area contributed by atoms with Crippen molar-refractivity contribution in [1.82, 2.24) is 14.8 Å². The maximum absolute atomic E-state index is 5.05. The zero-order chi connectivity index (χ0) is 8.55. The molecule has 62 valence electrons. The molecule has 0 aliphatic rings. The Morgan fingerprint density at radius 2 is 2.33 bits per heavy atom. The molecule has 4 heteroatoms. The van der Waals surface area contributed by atoms with Crippen LogP contribution in [0.25, 0.3) is 10.9 Å². The minimum Gasteiger partial charge on any atom is -0.479 e. The molecule has 4 nitrogen and oxygen atoms in total. The zero-order valence-electron chi connectivity index (χ0n) is 6.98. The van der Waals surface area contributed by atoms with Crippen LogP contribution in [0.3, 0.4) is 0 Å². The van der Waals surface area contributed by atoms with E-state index in [9.17, 15) is 0 Å². The summed E-state index contributed by atoms with van der Waals surface area (Å²) < 4.78 is 7.03. The second kappa shape index (κ2) is 2.48. The van der Waals surface area contributed by atoms with E-state index < -0.39 is 0 Å². The number of aryl methyl sites for hydroxylation is 1. The third-order valence-electron chi connectivity index (χ3n) is 1.87. The second-order valence-electron chi connectivity index (χ2n) is 2.58. The Morgan fingerprint density at radius 3 is 3.08 bits per heavy atom. The number of hydrogen-bond donors (Lipinski definition) is 0. The van der Waals surface area contributed by atoms with Crippen molar-refractivity contribution in [2.75, 3.05) is 7.11 Å². The van der Waals surface area contributed by atoms with Crippen LogP contribution in [0.2, 0.25) is 0 Å². The van der Waals surface area contributed by atoms with E-state index >= 15 is 0 Å². The number of fused-ring (bicyclic) bond motifs is 1. The van der Waals surface area contributed by atoms with Crippen molar-refractivity contribution in [2.24, 2.45) is 7.05 Å². The van der Waals surface area contributed by atoms with Crippen LogP contribution >= 0.6 is 0 Å². The van der Waals surface area contributed by atoms with Gasteiger partial charge in [-0.1, -0.05) is 0 Å². The minimum atomic E-state index is 0.577. The monoisotopic (exact) mass is 163 g/mol. The van der Waals surface area contributed by atoms with Crippen molar-refractivity contribution in [3.8, 4) is 5.88 Å². The number of rotatable bonds is 1. The molecule has 2 heterocycles. The van der Waals surface area contributed by atoms with Gasteiger partial charge in [0.25, 0.3) is 0 Å². The highest BCUT2D eigenvalue weighted by Crippen LogP contribution is 2.21. The van der Waals surface area contributed by atoms with Gasteiger partial charge in [0.05, 0.1) is 24.2 Å². The molecule has 0 unspecified atom stereocenters. The van der Waals surface area contributed by atoms with Crippen molar-refractivity contribution in [2.45, 2.75) is 0 Å². The summed E-state index contributed by atoms with van der Waals surface area (Å²) in [5, 5.41) is 8.67. The number of methoxy groups -OCH3 is 1. The molecule has 0 spiro atoms. The van der Waals surface area contributed by atoms with Crippen LogP contribution in [0.15, 0.2) is 18.5 Å². The standard InChI is InChI=1S/C8H9N3O/c1-11-4-3-6-7(11)5-9-10-8(6)12-2/h3-5H,1-2H3. The molecule has 0 N–H and O–H groups in total. The normalized spacial score (nSPS) is 10.5. The topological polar surface area (TPSA) is 39.9 Å². The highest BCUT2D eigenvalue weighted by Gasteiger charge is 2.04. The summed E-state index contributed by atoms with van der Waals surface area (Å²) in [6.45, 7) is 0. The molecule has 0 radical (unpaired) electrons. The Bertz CT molecular complexity index is 408. The van der Waals surface area contributed by atoms with Gasteiger partial charge in [-0.05, 0) is 6.07 Å². The summed E-state index contributed by atoms with van der Waals surface area (Å²) in [5.41, 5.74) is 1.03. The van der Waals surface area contributed by atoms with Gasteiger partial charge in [-0.25, -0.2) is 0 Å². The molecule has 0 fully saturated rings. The van der Waals surface area contributed by atoms with Crippen molar-refractivity contribution >= 4 is 10.9 Å². The average molecular weight is 163 g/mol. The molecule has 0 saturated heterocycles. The summed E-state index contributed by atoms with van der Waals surface area (Å²) in [4.78, 5) is 0. The van der Waals surface area contributed by atoms with Gasteiger partial charge in [0, 0.05) is 13.2 Å². The first kappa shape index (κ1) is 7.09. The Morgan fingerprint density at radius 1 is 1.50 bits per heavy atom. The predicted molar refractivity (Wildman–Crippen MR) is 45.1 cm³/mol. The molecule has 0 aromatic carbocycles. The largest absolute Gasteiger partial charge is 0.479 e. The highest BCUT2D eigenvalue weighted by atomic mass is 16.5. The Labute approximate surface area is 69.8 Å². The summed E-state index contributed by atoms with van der Waals surface area (Å²) in [6.07, 6.45) is 3.68. The molecule has 12 heavy (non-hydrogen) atoms. The third kappa shape index (κ3) is 0.845. The Hall–Kier alpha value is -1.58. The van der Waals surface area contributed by atoms with Crippen LogP contribution < -0.4 is 4.74 Å². The van der Waals surface area contributed by atoms with Crippen molar-refractivity contribution in [1.29, 1.82) is 0 Å². The zero-order valence-corrected chi connectivity index (χ0v) is 6.98. The molecule has 0 bridgehead atoms. The van der Waals surface area contributed by atoms with E-state index in [1.807, 2.05) is 23.9 Å². The lowest BCUT2D eigenvalue weighted by molar-refractivity contribution is 0.398. The minimum absolute atomic E-state index is 0.577. The van der Waals surface area contributed by atoms with Gasteiger partial charge in [-0.3, -0.25) is 0 Å². The average Bonchev–Trinajstić information content (AvgIpc) is 2.48. The number of hydrogen-bond acceptors (Lipinski definition) is 3. The molecule has 2 aromatic heterocycles. The summed E-state index contributed by atoms with van der Waals surface area (Å²) >= 11 is 0. The molecule has 0 atom stereocenters. The van der Waals surface area contributed by atoms with Gasteiger partial charge < -0.3 is 9.30 Å². The fraction of sp³-hybridized carbons (Fsp3) is 0.250. The lowest BCUT2D eigenvalue weighted by atomic mass is 10.3. The first-order valence-electron chi connectivity index (χ1n) is 3.63. The first-order valence-corrected chi connectivity index (χ1v) is 3.63. The van der Waals surface area contributed by atoms with E-state index in [-0.39, 0.29) is 0 Å². The molecule has 2 rings (SSSR count).